The summed E-state index contributed by atoms with van der Waals surface area (Å²) in [5.74, 6) is 0. The predicted octanol–water partition coefficient (Wildman–Crippen LogP) is 2.33. The molecule has 78 valence electrons. The minimum atomic E-state index is 0.954. The average Bonchev–Trinajstić information content (AvgIpc) is 2.76. The Balaban J connectivity index is 2.22. The Labute approximate surface area is 92.4 Å². The molecule has 0 unspecified atom stereocenters. The highest BCUT2D eigenvalue weighted by Gasteiger charge is 2.04. The first-order valence-corrected chi connectivity index (χ1v) is 5.05. The molecule has 1 aromatic carbocycles. The number of H-pyrrole nitrogens is 1. The fourth-order valence-electron chi connectivity index (χ4n) is 1.78. The highest BCUT2D eigenvalue weighted by molar-refractivity contribution is 5.81. The first kappa shape index (κ1) is 9.03. The van der Waals surface area contributed by atoms with Crippen LogP contribution >= 0.6 is 0 Å². The normalized spacial score (nSPS) is 10.8. The molecular weight excluding hydrogens is 200 g/mol. The SMILES string of the molecule is Cc1cncnc1-c1ccc2[nH]cnc2c1. The van der Waals surface area contributed by atoms with Crippen LogP contribution in [0.4, 0.5) is 0 Å². The minimum Gasteiger partial charge on any atom is -0.345 e. The standard InChI is InChI=1S/C12H10N4/c1-8-5-13-6-16-12(8)9-2-3-10-11(4-9)15-7-14-10/h2-7H,1H3,(H,14,15). The van der Waals surface area contributed by atoms with Crippen molar-refractivity contribution >= 4 is 11.0 Å². The number of fused-ring (bicyclic) bond motifs is 1. The number of aromatic nitrogens is 4. The summed E-state index contributed by atoms with van der Waals surface area (Å²) >= 11 is 0. The van der Waals surface area contributed by atoms with Crippen molar-refractivity contribution in [2.45, 2.75) is 6.92 Å². The summed E-state index contributed by atoms with van der Waals surface area (Å²) in [5.41, 5.74) is 5.09. The number of rotatable bonds is 1. The molecule has 2 heterocycles. The van der Waals surface area contributed by atoms with Crippen LogP contribution in [0.25, 0.3) is 22.3 Å². The summed E-state index contributed by atoms with van der Waals surface area (Å²) in [6.45, 7) is 2.00. The van der Waals surface area contributed by atoms with Crippen LogP contribution in [0.1, 0.15) is 5.56 Å². The van der Waals surface area contributed by atoms with Crippen LogP contribution in [0.2, 0.25) is 0 Å². The van der Waals surface area contributed by atoms with Gasteiger partial charge in [0.2, 0.25) is 0 Å². The molecule has 0 saturated heterocycles. The number of hydrogen-bond donors (Lipinski definition) is 1. The quantitative estimate of drug-likeness (QED) is 0.670. The Morgan fingerprint density at radius 3 is 3.00 bits per heavy atom. The molecule has 0 aliphatic heterocycles. The van der Waals surface area contributed by atoms with Crippen molar-refractivity contribution < 1.29 is 0 Å². The largest absolute Gasteiger partial charge is 0.345 e. The molecule has 0 saturated carbocycles. The van der Waals surface area contributed by atoms with Crippen LogP contribution in [0.15, 0.2) is 37.1 Å². The first-order chi connectivity index (χ1) is 7.84. The van der Waals surface area contributed by atoms with Gasteiger partial charge in [-0.15, -0.1) is 0 Å². The number of nitrogens with zero attached hydrogens (tertiary/aromatic N) is 3. The highest BCUT2D eigenvalue weighted by atomic mass is 14.9. The molecule has 2 aromatic heterocycles. The van der Waals surface area contributed by atoms with Gasteiger partial charge in [0.25, 0.3) is 0 Å². The number of aromatic amines is 1. The molecule has 0 bridgehead atoms. The number of benzene rings is 1. The second kappa shape index (κ2) is 3.41. The molecule has 0 atom stereocenters. The van der Waals surface area contributed by atoms with Gasteiger partial charge in [-0.25, -0.2) is 15.0 Å². The Morgan fingerprint density at radius 1 is 1.19 bits per heavy atom. The lowest BCUT2D eigenvalue weighted by Crippen LogP contribution is -1.89. The third-order valence-corrected chi connectivity index (χ3v) is 2.59. The van der Waals surface area contributed by atoms with Crippen LogP contribution in [0.3, 0.4) is 0 Å². The van der Waals surface area contributed by atoms with Gasteiger partial charge in [-0.05, 0) is 24.6 Å². The van der Waals surface area contributed by atoms with Gasteiger partial charge in [-0.3, -0.25) is 0 Å². The third-order valence-electron chi connectivity index (χ3n) is 2.59. The molecule has 0 spiro atoms. The van der Waals surface area contributed by atoms with E-state index in [0.717, 1.165) is 27.9 Å². The van der Waals surface area contributed by atoms with E-state index in [4.69, 9.17) is 0 Å². The molecule has 3 aromatic rings. The van der Waals surface area contributed by atoms with E-state index < -0.39 is 0 Å². The molecule has 0 amide bonds. The summed E-state index contributed by atoms with van der Waals surface area (Å²) in [6, 6.07) is 6.08. The average molecular weight is 210 g/mol. The summed E-state index contributed by atoms with van der Waals surface area (Å²) in [5, 5.41) is 0. The van der Waals surface area contributed by atoms with E-state index in [1.165, 1.54) is 0 Å². The van der Waals surface area contributed by atoms with E-state index in [9.17, 15) is 0 Å². The Bertz CT molecular complexity index is 642. The van der Waals surface area contributed by atoms with Crippen molar-refractivity contribution in [2.24, 2.45) is 0 Å². The van der Waals surface area contributed by atoms with Crippen molar-refractivity contribution in [1.29, 1.82) is 0 Å². The maximum absolute atomic E-state index is 4.29. The van der Waals surface area contributed by atoms with Crippen LogP contribution < -0.4 is 0 Å². The highest BCUT2D eigenvalue weighted by Crippen LogP contribution is 2.22. The van der Waals surface area contributed by atoms with Gasteiger partial charge in [0.1, 0.15) is 6.33 Å². The minimum absolute atomic E-state index is 0.954. The molecule has 1 N–H and O–H groups in total. The van der Waals surface area contributed by atoms with Gasteiger partial charge in [-0.1, -0.05) is 6.07 Å². The van der Waals surface area contributed by atoms with E-state index in [2.05, 4.69) is 19.9 Å². The Hall–Kier alpha value is -2.23. The van der Waals surface area contributed by atoms with Gasteiger partial charge >= 0.3 is 0 Å². The van der Waals surface area contributed by atoms with Crippen molar-refractivity contribution in [3.05, 3.63) is 42.6 Å². The van der Waals surface area contributed by atoms with Crippen LogP contribution in [-0.2, 0) is 0 Å². The first-order valence-electron chi connectivity index (χ1n) is 5.05. The number of imidazole rings is 1. The second-order valence-electron chi connectivity index (χ2n) is 3.69. The monoisotopic (exact) mass is 210 g/mol. The van der Waals surface area contributed by atoms with Gasteiger partial charge in [0, 0.05) is 11.8 Å². The molecule has 0 aliphatic rings. The van der Waals surface area contributed by atoms with Crippen molar-refractivity contribution in [1.82, 2.24) is 19.9 Å². The van der Waals surface area contributed by atoms with Gasteiger partial charge in [0.05, 0.1) is 23.1 Å². The van der Waals surface area contributed by atoms with E-state index in [0.29, 0.717) is 0 Å². The van der Waals surface area contributed by atoms with Gasteiger partial charge in [0.15, 0.2) is 0 Å². The maximum atomic E-state index is 4.29. The van der Waals surface area contributed by atoms with Crippen molar-refractivity contribution in [3.63, 3.8) is 0 Å². The van der Waals surface area contributed by atoms with Gasteiger partial charge < -0.3 is 4.98 Å². The van der Waals surface area contributed by atoms with E-state index in [1.807, 2.05) is 31.3 Å². The molecular formula is C12H10N4. The molecule has 3 rings (SSSR count). The molecule has 4 heteroatoms. The second-order valence-corrected chi connectivity index (χ2v) is 3.69. The molecule has 0 radical (unpaired) electrons. The molecule has 16 heavy (non-hydrogen) atoms. The zero-order chi connectivity index (χ0) is 11.0. The zero-order valence-corrected chi connectivity index (χ0v) is 8.81. The zero-order valence-electron chi connectivity index (χ0n) is 8.81. The Kier molecular flexibility index (Phi) is 1.93. The summed E-state index contributed by atoms with van der Waals surface area (Å²) < 4.78 is 0. The fourth-order valence-corrected chi connectivity index (χ4v) is 1.78. The summed E-state index contributed by atoms with van der Waals surface area (Å²) in [6.07, 6.45) is 5.08. The maximum Gasteiger partial charge on any atom is 0.116 e. The smallest absolute Gasteiger partial charge is 0.116 e. The van der Waals surface area contributed by atoms with Crippen LogP contribution in [0, 0.1) is 6.92 Å². The number of hydrogen-bond acceptors (Lipinski definition) is 3. The number of aryl methyl sites for hydroxylation is 1. The van der Waals surface area contributed by atoms with Crippen molar-refractivity contribution in [2.75, 3.05) is 0 Å². The molecule has 4 nitrogen and oxygen atoms in total. The molecule has 0 fully saturated rings. The van der Waals surface area contributed by atoms with E-state index >= 15 is 0 Å². The third kappa shape index (κ3) is 1.35. The van der Waals surface area contributed by atoms with Gasteiger partial charge in [-0.2, -0.15) is 0 Å². The number of nitrogens with one attached hydrogen (secondary N) is 1. The summed E-state index contributed by atoms with van der Waals surface area (Å²) in [4.78, 5) is 15.6. The lowest BCUT2D eigenvalue weighted by molar-refractivity contribution is 1.13. The van der Waals surface area contributed by atoms with E-state index in [-0.39, 0.29) is 0 Å². The van der Waals surface area contributed by atoms with Crippen molar-refractivity contribution in [3.8, 4) is 11.3 Å². The lowest BCUT2D eigenvalue weighted by Gasteiger charge is -2.03. The Morgan fingerprint density at radius 2 is 2.12 bits per heavy atom. The fraction of sp³-hybridized carbons (Fsp3) is 0.0833. The predicted molar refractivity (Wildman–Crippen MR) is 61.9 cm³/mol. The summed E-state index contributed by atoms with van der Waals surface area (Å²) in [7, 11) is 0. The lowest BCUT2D eigenvalue weighted by atomic mass is 10.1. The van der Waals surface area contributed by atoms with Crippen LogP contribution in [-0.4, -0.2) is 19.9 Å². The van der Waals surface area contributed by atoms with E-state index in [1.54, 1.807) is 12.7 Å². The van der Waals surface area contributed by atoms with Crippen LogP contribution in [0.5, 0.6) is 0 Å². The molecule has 0 aliphatic carbocycles. The topological polar surface area (TPSA) is 54.5 Å².